The molecule has 0 radical (unpaired) electrons. The first-order valence-electron chi connectivity index (χ1n) is 7.43. The number of ether oxygens (including phenoxy) is 1. The van der Waals surface area contributed by atoms with Crippen LogP contribution >= 0.6 is 28.1 Å². The zero-order valence-electron chi connectivity index (χ0n) is 13.0. The van der Waals surface area contributed by atoms with Gasteiger partial charge in [0.05, 0.1) is 18.9 Å². The van der Waals surface area contributed by atoms with Crippen LogP contribution in [0.4, 0.5) is 0 Å². The summed E-state index contributed by atoms with van der Waals surface area (Å²) in [5.41, 5.74) is 4.11. The van der Waals surface area contributed by atoms with Crippen molar-refractivity contribution in [2.45, 2.75) is 6.92 Å². The molecule has 6 nitrogen and oxygen atoms in total. The molecule has 1 aliphatic heterocycles. The zero-order valence-corrected chi connectivity index (χ0v) is 15.4. The van der Waals surface area contributed by atoms with Crippen LogP contribution in [0.2, 0.25) is 0 Å². The number of hydrogen-bond donors (Lipinski definition) is 3. The van der Waals surface area contributed by atoms with Crippen LogP contribution in [-0.4, -0.2) is 60.2 Å². The molecule has 3 N–H and O–H groups in total. The van der Waals surface area contributed by atoms with Crippen molar-refractivity contribution in [3.63, 3.8) is 0 Å². The maximum atomic E-state index is 9.86. The van der Waals surface area contributed by atoms with E-state index in [9.17, 15) is 5.11 Å². The van der Waals surface area contributed by atoms with Crippen molar-refractivity contribution in [3.05, 3.63) is 28.2 Å². The van der Waals surface area contributed by atoms with Crippen LogP contribution < -0.4 is 10.7 Å². The third kappa shape index (κ3) is 6.06. The van der Waals surface area contributed by atoms with Crippen molar-refractivity contribution < 1.29 is 9.84 Å². The lowest BCUT2D eigenvalue weighted by Crippen LogP contribution is -2.42. The third-order valence-electron chi connectivity index (χ3n) is 3.49. The molecule has 126 valence electrons. The first kappa shape index (κ1) is 18.1. The molecule has 0 aromatic heterocycles. The van der Waals surface area contributed by atoms with Gasteiger partial charge in [0.2, 0.25) is 0 Å². The Bertz CT molecular complexity index is 577. The number of rotatable bonds is 5. The molecule has 2 rings (SSSR count). The molecule has 1 saturated heterocycles. The van der Waals surface area contributed by atoms with Crippen LogP contribution in [0.3, 0.4) is 0 Å². The fraction of sp³-hybridized carbons (Fsp3) is 0.467. The summed E-state index contributed by atoms with van der Waals surface area (Å²) in [6.45, 7) is 6.99. The zero-order chi connectivity index (χ0) is 16.7. The second-order valence-electron chi connectivity index (χ2n) is 5.18. The Morgan fingerprint density at radius 3 is 2.91 bits per heavy atom. The molecule has 0 bridgehead atoms. The van der Waals surface area contributed by atoms with Gasteiger partial charge in [-0.1, -0.05) is 15.9 Å². The van der Waals surface area contributed by atoms with E-state index in [2.05, 4.69) is 36.7 Å². The minimum Gasteiger partial charge on any atom is -0.507 e. The Balaban J connectivity index is 1.77. The van der Waals surface area contributed by atoms with E-state index < -0.39 is 0 Å². The van der Waals surface area contributed by atoms with Gasteiger partial charge in [-0.2, -0.15) is 5.10 Å². The summed E-state index contributed by atoms with van der Waals surface area (Å²) in [7, 11) is 0. The highest BCUT2D eigenvalue weighted by molar-refractivity contribution is 9.10. The van der Waals surface area contributed by atoms with Crippen LogP contribution in [0.5, 0.6) is 5.75 Å². The Hall–Kier alpha value is -1.22. The van der Waals surface area contributed by atoms with E-state index in [1.165, 1.54) is 0 Å². The van der Waals surface area contributed by atoms with Crippen molar-refractivity contribution in [1.29, 1.82) is 0 Å². The molecule has 1 aromatic carbocycles. The smallest absolute Gasteiger partial charge is 0.187 e. The van der Waals surface area contributed by atoms with Gasteiger partial charge in [-0.25, -0.2) is 0 Å². The van der Waals surface area contributed by atoms with Gasteiger partial charge in [0, 0.05) is 36.2 Å². The minimum atomic E-state index is 0.183. The summed E-state index contributed by atoms with van der Waals surface area (Å²) in [5, 5.41) is 17.7. The van der Waals surface area contributed by atoms with Crippen LogP contribution in [0, 0.1) is 0 Å². The maximum Gasteiger partial charge on any atom is 0.187 e. The van der Waals surface area contributed by atoms with Crippen molar-refractivity contribution in [3.8, 4) is 5.75 Å². The molecule has 0 atom stereocenters. The molecular formula is C15H21BrN4O2S. The number of morpholine rings is 1. The van der Waals surface area contributed by atoms with Crippen LogP contribution in [0.15, 0.2) is 27.8 Å². The van der Waals surface area contributed by atoms with Crippen LogP contribution in [0.25, 0.3) is 0 Å². The molecule has 1 heterocycles. The van der Waals surface area contributed by atoms with Gasteiger partial charge < -0.3 is 15.2 Å². The minimum absolute atomic E-state index is 0.183. The third-order valence-corrected chi connectivity index (χ3v) is 4.22. The van der Waals surface area contributed by atoms with Gasteiger partial charge in [0.25, 0.3) is 0 Å². The van der Waals surface area contributed by atoms with E-state index in [0.29, 0.717) is 16.4 Å². The number of halogens is 1. The second-order valence-corrected chi connectivity index (χ2v) is 6.50. The van der Waals surface area contributed by atoms with E-state index in [1.54, 1.807) is 12.1 Å². The van der Waals surface area contributed by atoms with E-state index in [-0.39, 0.29) is 5.75 Å². The number of phenolic OH excluding ortho intramolecular Hbond substituents is 1. The van der Waals surface area contributed by atoms with Gasteiger partial charge in [-0.3, -0.25) is 10.3 Å². The molecule has 0 amide bonds. The number of nitrogens with zero attached hydrogens (tertiary/aromatic N) is 2. The van der Waals surface area contributed by atoms with Gasteiger partial charge >= 0.3 is 0 Å². The first-order valence-corrected chi connectivity index (χ1v) is 8.63. The molecule has 1 aliphatic rings. The van der Waals surface area contributed by atoms with Crippen molar-refractivity contribution >= 4 is 39.0 Å². The summed E-state index contributed by atoms with van der Waals surface area (Å²) >= 11 is 8.58. The Kier molecular flexibility index (Phi) is 7.22. The standard InChI is InChI=1S/C15H21BrN4O2S/c1-11(13-10-12(16)2-3-14(13)21)18-19-15(23)17-4-5-20-6-8-22-9-7-20/h2-3,10,21H,4-9H2,1H3,(H2,17,19,23)/b18-11+. The summed E-state index contributed by atoms with van der Waals surface area (Å²) < 4.78 is 6.19. The lowest BCUT2D eigenvalue weighted by molar-refractivity contribution is 0.0389. The molecular weight excluding hydrogens is 380 g/mol. The fourth-order valence-corrected chi connectivity index (χ4v) is 2.69. The SMILES string of the molecule is C/C(=N\NC(=S)NCCN1CCOCC1)c1cc(Br)ccc1O. The molecule has 1 fully saturated rings. The van der Waals surface area contributed by atoms with Gasteiger partial charge in [-0.15, -0.1) is 0 Å². The van der Waals surface area contributed by atoms with Crippen LogP contribution in [0.1, 0.15) is 12.5 Å². The van der Waals surface area contributed by atoms with Gasteiger partial charge in [0.15, 0.2) is 5.11 Å². The number of hydrazone groups is 1. The molecule has 0 unspecified atom stereocenters. The summed E-state index contributed by atoms with van der Waals surface area (Å²) in [6.07, 6.45) is 0. The number of aromatic hydroxyl groups is 1. The normalized spacial score (nSPS) is 16.2. The van der Waals surface area contributed by atoms with E-state index in [1.807, 2.05) is 13.0 Å². The average molecular weight is 401 g/mol. The highest BCUT2D eigenvalue weighted by Gasteiger charge is 2.09. The molecule has 0 aliphatic carbocycles. The molecule has 0 saturated carbocycles. The number of hydrogen-bond acceptors (Lipinski definition) is 5. The maximum absolute atomic E-state index is 9.86. The second kappa shape index (κ2) is 9.17. The van der Waals surface area contributed by atoms with Gasteiger partial charge in [0.1, 0.15) is 5.75 Å². The summed E-state index contributed by atoms with van der Waals surface area (Å²) in [6, 6.07) is 5.21. The monoisotopic (exact) mass is 400 g/mol. The van der Waals surface area contributed by atoms with Crippen molar-refractivity contribution in [1.82, 2.24) is 15.6 Å². The highest BCUT2D eigenvalue weighted by Crippen LogP contribution is 2.22. The molecule has 1 aromatic rings. The quantitative estimate of drug-likeness (QED) is 0.396. The predicted octanol–water partition coefficient (Wildman–Crippen LogP) is 1.68. The average Bonchev–Trinajstić information content (AvgIpc) is 2.56. The number of thiocarbonyl (C=S) groups is 1. The number of nitrogens with one attached hydrogen (secondary N) is 2. The van der Waals surface area contributed by atoms with E-state index in [4.69, 9.17) is 17.0 Å². The molecule has 8 heteroatoms. The Morgan fingerprint density at radius 1 is 1.43 bits per heavy atom. The summed E-state index contributed by atoms with van der Waals surface area (Å²) in [5.74, 6) is 0.183. The number of phenols is 1. The number of benzene rings is 1. The van der Waals surface area contributed by atoms with E-state index in [0.717, 1.165) is 43.9 Å². The van der Waals surface area contributed by atoms with Gasteiger partial charge in [-0.05, 0) is 37.3 Å². The lowest BCUT2D eigenvalue weighted by Gasteiger charge is -2.26. The topological polar surface area (TPSA) is 69.1 Å². The fourth-order valence-electron chi connectivity index (χ4n) is 2.18. The summed E-state index contributed by atoms with van der Waals surface area (Å²) in [4.78, 5) is 2.33. The predicted molar refractivity (Wildman–Crippen MR) is 99.0 cm³/mol. The molecule has 0 spiro atoms. The Labute approximate surface area is 150 Å². The lowest BCUT2D eigenvalue weighted by atomic mass is 10.1. The van der Waals surface area contributed by atoms with Crippen LogP contribution in [-0.2, 0) is 4.74 Å². The largest absolute Gasteiger partial charge is 0.507 e. The van der Waals surface area contributed by atoms with E-state index >= 15 is 0 Å². The first-order chi connectivity index (χ1) is 11.1. The van der Waals surface area contributed by atoms with Crippen molar-refractivity contribution in [2.24, 2.45) is 5.10 Å². The highest BCUT2D eigenvalue weighted by atomic mass is 79.9. The molecule has 23 heavy (non-hydrogen) atoms. The Morgan fingerprint density at radius 2 is 2.17 bits per heavy atom. The van der Waals surface area contributed by atoms with Crippen molar-refractivity contribution in [2.75, 3.05) is 39.4 Å².